The summed E-state index contributed by atoms with van der Waals surface area (Å²) in [6, 6.07) is 4.90. The van der Waals surface area contributed by atoms with E-state index >= 15 is 0 Å². The van der Waals surface area contributed by atoms with Gasteiger partial charge in [0.25, 0.3) is 0 Å². The molecule has 0 aliphatic carbocycles. The summed E-state index contributed by atoms with van der Waals surface area (Å²) < 4.78 is 0. The monoisotopic (exact) mass is 270 g/mol. The van der Waals surface area contributed by atoms with Crippen molar-refractivity contribution in [2.24, 2.45) is 5.73 Å². The van der Waals surface area contributed by atoms with E-state index in [0.717, 1.165) is 25.9 Å². The van der Waals surface area contributed by atoms with Crippen LogP contribution in [0.4, 0.5) is 0 Å². The standard InChI is InChI=1S/C13H22N2S2/c1-11(2)15(8-4-3-7-13(14)16)10-12-6-5-9-17-12/h5-6,9,11H,3-4,7-8,10H2,1-2H3,(H2,14,16). The number of hydrogen-bond donors (Lipinski definition) is 1. The van der Waals surface area contributed by atoms with E-state index in [-0.39, 0.29) is 0 Å². The van der Waals surface area contributed by atoms with Crippen LogP contribution < -0.4 is 5.73 Å². The number of unbranched alkanes of at least 4 members (excludes halogenated alkanes) is 1. The number of nitrogens with zero attached hydrogens (tertiary/aromatic N) is 1. The van der Waals surface area contributed by atoms with E-state index in [1.54, 1.807) is 0 Å². The van der Waals surface area contributed by atoms with Crippen LogP contribution in [0.3, 0.4) is 0 Å². The van der Waals surface area contributed by atoms with Gasteiger partial charge in [-0.05, 0) is 51.1 Å². The van der Waals surface area contributed by atoms with E-state index in [1.165, 1.54) is 11.3 Å². The second-order valence-corrected chi connectivity index (χ2v) is 6.12. The van der Waals surface area contributed by atoms with Crippen molar-refractivity contribution >= 4 is 28.5 Å². The Kier molecular flexibility index (Phi) is 6.70. The molecule has 96 valence electrons. The lowest BCUT2D eigenvalue weighted by Gasteiger charge is -2.25. The summed E-state index contributed by atoms with van der Waals surface area (Å²) in [7, 11) is 0. The topological polar surface area (TPSA) is 29.3 Å². The predicted molar refractivity (Wildman–Crippen MR) is 80.5 cm³/mol. The average molecular weight is 270 g/mol. The zero-order chi connectivity index (χ0) is 12.7. The highest BCUT2D eigenvalue weighted by molar-refractivity contribution is 7.80. The second kappa shape index (κ2) is 7.80. The molecular formula is C13H22N2S2. The fourth-order valence-corrected chi connectivity index (χ4v) is 2.61. The normalized spacial score (nSPS) is 11.3. The van der Waals surface area contributed by atoms with Gasteiger partial charge < -0.3 is 5.73 Å². The molecule has 0 aliphatic heterocycles. The molecule has 0 unspecified atom stereocenters. The summed E-state index contributed by atoms with van der Waals surface area (Å²) in [6.45, 7) is 6.68. The SMILES string of the molecule is CC(C)N(CCCCC(N)=S)Cc1cccs1. The summed E-state index contributed by atoms with van der Waals surface area (Å²) in [4.78, 5) is 4.58. The molecule has 0 fully saturated rings. The van der Waals surface area contributed by atoms with Gasteiger partial charge in [-0.3, -0.25) is 4.90 Å². The van der Waals surface area contributed by atoms with Crippen molar-refractivity contribution in [3.8, 4) is 0 Å². The van der Waals surface area contributed by atoms with Gasteiger partial charge in [0.2, 0.25) is 0 Å². The lowest BCUT2D eigenvalue weighted by Crippen LogP contribution is -2.31. The molecule has 0 atom stereocenters. The van der Waals surface area contributed by atoms with E-state index < -0.39 is 0 Å². The van der Waals surface area contributed by atoms with Crippen LogP contribution in [0.25, 0.3) is 0 Å². The number of nitrogens with two attached hydrogens (primary N) is 1. The van der Waals surface area contributed by atoms with E-state index in [4.69, 9.17) is 18.0 Å². The minimum Gasteiger partial charge on any atom is -0.393 e. The van der Waals surface area contributed by atoms with Crippen molar-refractivity contribution in [2.75, 3.05) is 6.54 Å². The molecule has 2 N–H and O–H groups in total. The maximum Gasteiger partial charge on any atom is 0.0727 e. The highest BCUT2D eigenvalue weighted by atomic mass is 32.1. The van der Waals surface area contributed by atoms with Gasteiger partial charge in [0.15, 0.2) is 0 Å². The number of rotatable bonds is 8. The van der Waals surface area contributed by atoms with Gasteiger partial charge in [-0.1, -0.05) is 18.3 Å². The van der Waals surface area contributed by atoms with Crippen LogP contribution in [0.5, 0.6) is 0 Å². The molecule has 0 saturated carbocycles. The number of thiocarbonyl (C=S) groups is 1. The maximum atomic E-state index is 5.50. The molecular weight excluding hydrogens is 248 g/mol. The Hall–Kier alpha value is -0.450. The van der Waals surface area contributed by atoms with Gasteiger partial charge in [0.1, 0.15) is 0 Å². The van der Waals surface area contributed by atoms with E-state index in [1.807, 2.05) is 11.3 Å². The summed E-state index contributed by atoms with van der Waals surface area (Å²) in [5, 5.41) is 2.14. The molecule has 0 aromatic carbocycles. The largest absolute Gasteiger partial charge is 0.393 e. The minimum atomic E-state index is 0.585. The van der Waals surface area contributed by atoms with Crippen molar-refractivity contribution in [3.05, 3.63) is 22.4 Å². The maximum absolute atomic E-state index is 5.50. The van der Waals surface area contributed by atoms with Crippen LogP contribution >= 0.6 is 23.6 Å². The van der Waals surface area contributed by atoms with E-state index in [2.05, 4.69) is 36.3 Å². The van der Waals surface area contributed by atoms with Crippen molar-refractivity contribution in [2.45, 2.75) is 45.7 Å². The van der Waals surface area contributed by atoms with Crippen LogP contribution in [-0.4, -0.2) is 22.5 Å². The fraction of sp³-hybridized carbons (Fsp3) is 0.615. The molecule has 17 heavy (non-hydrogen) atoms. The quantitative estimate of drug-likeness (QED) is 0.580. The van der Waals surface area contributed by atoms with Crippen molar-refractivity contribution in [3.63, 3.8) is 0 Å². The lowest BCUT2D eigenvalue weighted by molar-refractivity contribution is 0.211. The average Bonchev–Trinajstić information content (AvgIpc) is 2.74. The van der Waals surface area contributed by atoms with E-state index in [9.17, 15) is 0 Å². The van der Waals surface area contributed by atoms with Gasteiger partial charge in [-0.15, -0.1) is 11.3 Å². The molecule has 0 bridgehead atoms. The van der Waals surface area contributed by atoms with E-state index in [0.29, 0.717) is 11.0 Å². The van der Waals surface area contributed by atoms with Crippen molar-refractivity contribution < 1.29 is 0 Å². The molecule has 0 radical (unpaired) electrons. The Labute approximate surface area is 114 Å². The van der Waals surface area contributed by atoms with Crippen LogP contribution in [0.15, 0.2) is 17.5 Å². The Balaban J connectivity index is 2.31. The first-order valence-corrected chi connectivity index (χ1v) is 7.43. The fourth-order valence-electron chi connectivity index (χ4n) is 1.74. The van der Waals surface area contributed by atoms with Crippen molar-refractivity contribution in [1.82, 2.24) is 4.90 Å². The molecule has 4 heteroatoms. The Bertz CT molecular complexity index is 320. The zero-order valence-electron chi connectivity index (χ0n) is 10.7. The molecule has 2 nitrogen and oxygen atoms in total. The second-order valence-electron chi connectivity index (χ2n) is 4.57. The van der Waals surface area contributed by atoms with Gasteiger partial charge in [0.05, 0.1) is 4.99 Å². The Morgan fingerprint density at radius 3 is 2.76 bits per heavy atom. The summed E-state index contributed by atoms with van der Waals surface area (Å²) >= 11 is 6.72. The van der Waals surface area contributed by atoms with Crippen LogP contribution in [0, 0.1) is 0 Å². The van der Waals surface area contributed by atoms with Gasteiger partial charge >= 0.3 is 0 Å². The van der Waals surface area contributed by atoms with Gasteiger partial charge in [0, 0.05) is 17.5 Å². The molecule has 1 aromatic rings. The molecule has 1 aromatic heterocycles. The molecule has 0 amide bonds. The first-order chi connectivity index (χ1) is 8.09. The van der Waals surface area contributed by atoms with Crippen LogP contribution in [0.1, 0.15) is 38.0 Å². The predicted octanol–water partition coefficient (Wildman–Crippen LogP) is 3.41. The summed E-state index contributed by atoms with van der Waals surface area (Å²) in [5.74, 6) is 0. The third-order valence-electron chi connectivity index (χ3n) is 2.79. The Morgan fingerprint density at radius 2 is 2.24 bits per heavy atom. The molecule has 0 saturated heterocycles. The first kappa shape index (κ1) is 14.6. The van der Waals surface area contributed by atoms with Crippen LogP contribution in [-0.2, 0) is 6.54 Å². The molecule has 1 rings (SSSR count). The van der Waals surface area contributed by atoms with Gasteiger partial charge in [-0.2, -0.15) is 0 Å². The number of hydrogen-bond acceptors (Lipinski definition) is 3. The third-order valence-corrected chi connectivity index (χ3v) is 3.85. The highest BCUT2D eigenvalue weighted by Gasteiger charge is 2.10. The zero-order valence-corrected chi connectivity index (χ0v) is 12.3. The summed E-state index contributed by atoms with van der Waals surface area (Å²) in [6.07, 6.45) is 3.14. The highest BCUT2D eigenvalue weighted by Crippen LogP contribution is 2.14. The smallest absolute Gasteiger partial charge is 0.0727 e. The van der Waals surface area contributed by atoms with Crippen molar-refractivity contribution in [1.29, 1.82) is 0 Å². The Morgan fingerprint density at radius 1 is 1.47 bits per heavy atom. The summed E-state index contributed by atoms with van der Waals surface area (Å²) in [5.41, 5.74) is 5.50. The lowest BCUT2D eigenvalue weighted by atomic mass is 10.2. The third kappa shape index (κ3) is 6.15. The van der Waals surface area contributed by atoms with Gasteiger partial charge in [-0.25, -0.2) is 0 Å². The molecule has 0 aliphatic rings. The molecule has 0 spiro atoms. The first-order valence-electron chi connectivity index (χ1n) is 6.14. The molecule has 1 heterocycles. The minimum absolute atomic E-state index is 0.585. The number of thiophene rings is 1. The van der Waals surface area contributed by atoms with Crippen LogP contribution in [0.2, 0.25) is 0 Å².